The van der Waals surface area contributed by atoms with Crippen LogP contribution in [0.4, 0.5) is 0 Å². The second-order valence-electron chi connectivity index (χ2n) is 5.39. The van der Waals surface area contributed by atoms with Crippen LogP contribution in [0.5, 0.6) is 5.75 Å². The van der Waals surface area contributed by atoms with Crippen molar-refractivity contribution >= 4 is 17.6 Å². The second-order valence-corrected chi connectivity index (χ2v) is 5.83. The summed E-state index contributed by atoms with van der Waals surface area (Å²) in [5, 5.41) is 9.53. The molecule has 1 atom stereocenters. The van der Waals surface area contributed by atoms with E-state index in [0.29, 0.717) is 11.6 Å². The maximum Gasteiger partial charge on any atom is 0.317 e. The number of ether oxygens (including phenoxy) is 1. The van der Waals surface area contributed by atoms with Crippen molar-refractivity contribution in [3.8, 4) is 5.75 Å². The highest BCUT2D eigenvalue weighted by molar-refractivity contribution is 6.30. The summed E-state index contributed by atoms with van der Waals surface area (Å²) in [5.41, 5.74) is 0.958. The molecule has 1 N–H and O–H groups in total. The molecule has 19 heavy (non-hydrogen) atoms. The molecular formula is C14H16ClNO3. The molecule has 0 amide bonds. The van der Waals surface area contributed by atoms with E-state index in [1.54, 1.807) is 0 Å². The van der Waals surface area contributed by atoms with Crippen LogP contribution < -0.4 is 4.74 Å². The summed E-state index contributed by atoms with van der Waals surface area (Å²) in [6, 6.07) is 5.75. The maximum atomic E-state index is 10.8. The molecule has 1 unspecified atom stereocenters. The van der Waals surface area contributed by atoms with E-state index < -0.39 is 5.97 Å². The average molecular weight is 282 g/mol. The molecule has 1 spiro atoms. The second kappa shape index (κ2) is 4.69. The smallest absolute Gasteiger partial charge is 0.317 e. The van der Waals surface area contributed by atoms with Crippen molar-refractivity contribution in [2.45, 2.75) is 24.9 Å². The zero-order chi connectivity index (χ0) is 13.5. The maximum absolute atomic E-state index is 10.8. The lowest BCUT2D eigenvalue weighted by Crippen LogP contribution is -2.43. The third-order valence-corrected chi connectivity index (χ3v) is 4.19. The van der Waals surface area contributed by atoms with Crippen LogP contribution >= 0.6 is 11.6 Å². The Bertz CT molecular complexity index is 519. The Balaban J connectivity index is 1.76. The third-order valence-electron chi connectivity index (χ3n) is 3.96. The Morgan fingerprint density at radius 3 is 3.11 bits per heavy atom. The minimum atomic E-state index is -0.781. The first kappa shape index (κ1) is 12.8. The highest BCUT2D eigenvalue weighted by atomic mass is 35.5. The highest BCUT2D eigenvalue weighted by Crippen LogP contribution is 2.39. The molecule has 2 aliphatic heterocycles. The van der Waals surface area contributed by atoms with Gasteiger partial charge in [-0.15, -0.1) is 0 Å². The van der Waals surface area contributed by atoms with Gasteiger partial charge in [-0.2, -0.15) is 0 Å². The summed E-state index contributed by atoms with van der Waals surface area (Å²) in [6.07, 6.45) is 2.79. The number of aliphatic carboxylic acids is 1. The molecule has 0 aliphatic carbocycles. The molecule has 1 fully saturated rings. The van der Waals surface area contributed by atoms with Gasteiger partial charge in [0.05, 0.1) is 6.54 Å². The number of rotatable bonds is 2. The van der Waals surface area contributed by atoms with Crippen molar-refractivity contribution < 1.29 is 14.6 Å². The molecule has 2 aliphatic rings. The minimum absolute atomic E-state index is 0.0908. The van der Waals surface area contributed by atoms with E-state index >= 15 is 0 Å². The molecule has 1 aromatic rings. The predicted molar refractivity (Wildman–Crippen MR) is 71.8 cm³/mol. The molecule has 1 aromatic carbocycles. The Kier molecular flexibility index (Phi) is 3.15. The van der Waals surface area contributed by atoms with Crippen molar-refractivity contribution in [1.82, 2.24) is 4.90 Å². The fourth-order valence-corrected chi connectivity index (χ4v) is 3.18. The van der Waals surface area contributed by atoms with E-state index in [4.69, 9.17) is 21.4 Å². The zero-order valence-corrected chi connectivity index (χ0v) is 11.3. The zero-order valence-electron chi connectivity index (χ0n) is 10.6. The normalized spacial score (nSPS) is 26.2. The first-order chi connectivity index (χ1) is 9.06. The molecule has 0 aromatic heterocycles. The lowest BCUT2D eigenvalue weighted by atomic mass is 9.90. The monoisotopic (exact) mass is 281 g/mol. The van der Waals surface area contributed by atoms with Crippen LogP contribution in [0.1, 0.15) is 18.4 Å². The number of hydrogen-bond acceptors (Lipinski definition) is 3. The fourth-order valence-electron chi connectivity index (χ4n) is 3.02. The van der Waals surface area contributed by atoms with Crippen LogP contribution in [0, 0.1) is 0 Å². The first-order valence-corrected chi connectivity index (χ1v) is 6.86. The van der Waals surface area contributed by atoms with E-state index in [0.717, 1.165) is 31.6 Å². The number of carboxylic acid groups (broad SMARTS) is 1. The largest absolute Gasteiger partial charge is 0.486 e. The Morgan fingerprint density at radius 2 is 2.32 bits per heavy atom. The molecule has 1 saturated heterocycles. The SMILES string of the molecule is O=C(O)CN1CCC2(CCc3ccc(Cl)cc3O2)C1. The number of carboxylic acids is 1. The summed E-state index contributed by atoms with van der Waals surface area (Å²) in [6.45, 7) is 1.56. The van der Waals surface area contributed by atoms with Crippen LogP contribution in [-0.4, -0.2) is 41.2 Å². The van der Waals surface area contributed by atoms with Gasteiger partial charge in [-0.3, -0.25) is 9.69 Å². The van der Waals surface area contributed by atoms with Gasteiger partial charge in [0.15, 0.2) is 0 Å². The summed E-state index contributed by atoms with van der Waals surface area (Å²) in [7, 11) is 0. The Hall–Kier alpha value is -1.26. The van der Waals surface area contributed by atoms with E-state index in [9.17, 15) is 4.79 Å². The number of nitrogens with zero attached hydrogens (tertiary/aromatic N) is 1. The van der Waals surface area contributed by atoms with Crippen LogP contribution in [0.25, 0.3) is 0 Å². The van der Waals surface area contributed by atoms with Gasteiger partial charge in [0.25, 0.3) is 0 Å². The number of fused-ring (bicyclic) bond motifs is 1. The number of hydrogen-bond donors (Lipinski definition) is 1. The van der Waals surface area contributed by atoms with Gasteiger partial charge in [0, 0.05) is 24.5 Å². The topological polar surface area (TPSA) is 49.8 Å². The standard InChI is InChI=1S/C14H16ClNO3/c15-11-2-1-10-3-4-14(19-12(10)7-11)5-6-16(9-14)8-13(17)18/h1-2,7H,3-6,8-9H2,(H,17,18). The lowest BCUT2D eigenvalue weighted by molar-refractivity contribution is -0.138. The van der Waals surface area contributed by atoms with E-state index in [-0.39, 0.29) is 12.1 Å². The van der Waals surface area contributed by atoms with Gasteiger partial charge < -0.3 is 9.84 Å². The van der Waals surface area contributed by atoms with Crippen molar-refractivity contribution in [3.05, 3.63) is 28.8 Å². The molecule has 3 rings (SSSR count). The van der Waals surface area contributed by atoms with Crippen molar-refractivity contribution in [3.63, 3.8) is 0 Å². The van der Waals surface area contributed by atoms with Crippen LogP contribution in [0.2, 0.25) is 5.02 Å². The van der Waals surface area contributed by atoms with Crippen molar-refractivity contribution in [2.75, 3.05) is 19.6 Å². The van der Waals surface area contributed by atoms with Gasteiger partial charge >= 0.3 is 5.97 Å². The van der Waals surface area contributed by atoms with Gasteiger partial charge in [0.1, 0.15) is 11.4 Å². The van der Waals surface area contributed by atoms with Crippen molar-refractivity contribution in [1.29, 1.82) is 0 Å². The van der Waals surface area contributed by atoms with Gasteiger partial charge in [0.2, 0.25) is 0 Å². The average Bonchev–Trinajstić information content (AvgIpc) is 2.70. The first-order valence-electron chi connectivity index (χ1n) is 6.48. The quantitative estimate of drug-likeness (QED) is 0.903. The summed E-state index contributed by atoms with van der Waals surface area (Å²) < 4.78 is 6.15. The number of aryl methyl sites for hydroxylation is 1. The number of likely N-dealkylation sites (tertiary alicyclic amines) is 1. The van der Waals surface area contributed by atoms with Crippen LogP contribution in [-0.2, 0) is 11.2 Å². The molecule has 0 radical (unpaired) electrons. The van der Waals surface area contributed by atoms with E-state index in [2.05, 4.69) is 0 Å². The fraction of sp³-hybridized carbons (Fsp3) is 0.500. The molecule has 102 valence electrons. The lowest BCUT2D eigenvalue weighted by Gasteiger charge is -2.35. The predicted octanol–water partition coefficient (Wildman–Crippen LogP) is 2.19. The summed E-state index contributed by atoms with van der Waals surface area (Å²) in [4.78, 5) is 12.7. The molecule has 5 heteroatoms. The van der Waals surface area contributed by atoms with Gasteiger partial charge in [-0.1, -0.05) is 17.7 Å². The molecule has 4 nitrogen and oxygen atoms in total. The Labute approximate surface area is 116 Å². The number of halogens is 1. The minimum Gasteiger partial charge on any atom is -0.486 e. The van der Waals surface area contributed by atoms with Crippen molar-refractivity contribution in [2.24, 2.45) is 0 Å². The summed E-state index contributed by atoms with van der Waals surface area (Å²) in [5.74, 6) is 0.0761. The molecule has 0 bridgehead atoms. The van der Waals surface area contributed by atoms with Gasteiger partial charge in [-0.25, -0.2) is 0 Å². The molecule has 2 heterocycles. The van der Waals surface area contributed by atoms with E-state index in [1.165, 1.54) is 5.56 Å². The summed E-state index contributed by atoms with van der Waals surface area (Å²) >= 11 is 6.00. The van der Waals surface area contributed by atoms with Gasteiger partial charge in [-0.05, 0) is 30.5 Å². The molecule has 0 saturated carbocycles. The highest BCUT2D eigenvalue weighted by Gasteiger charge is 2.42. The number of carbonyl (C=O) groups is 1. The number of benzene rings is 1. The molecular weight excluding hydrogens is 266 g/mol. The third kappa shape index (κ3) is 2.55. The van der Waals surface area contributed by atoms with Crippen LogP contribution in [0.3, 0.4) is 0 Å². The Morgan fingerprint density at radius 1 is 1.47 bits per heavy atom. The van der Waals surface area contributed by atoms with E-state index in [1.807, 2.05) is 23.1 Å². The van der Waals surface area contributed by atoms with Crippen LogP contribution in [0.15, 0.2) is 18.2 Å².